The SMILES string of the molecule is CCCCN(C)c1cc(C)nc(NC2CC2)n1. The molecule has 4 heteroatoms. The van der Waals surface area contributed by atoms with Crippen LogP contribution in [0.1, 0.15) is 38.3 Å². The van der Waals surface area contributed by atoms with Crippen LogP contribution in [0.5, 0.6) is 0 Å². The van der Waals surface area contributed by atoms with Crippen molar-refractivity contribution in [3.8, 4) is 0 Å². The summed E-state index contributed by atoms with van der Waals surface area (Å²) in [6, 6.07) is 2.65. The van der Waals surface area contributed by atoms with Gasteiger partial charge in [0.1, 0.15) is 5.82 Å². The summed E-state index contributed by atoms with van der Waals surface area (Å²) in [5, 5.41) is 3.36. The van der Waals surface area contributed by atoms with Gasteiger partial charge in [0.05, 0.1) is 0 Å². The molecule has 1 aromatic rings. The smallest absolute Gasteiger partial charge is 0.225 e. The lowest BCUT2D eigenvalue weighted by Gasteiger charge is -2.18. The van der Waals surface area contributed by atoms with Crippen LogP contribution in [0.15, 0.2) is 6.07 Å². The summed E-state index contributed by atoms with van der Waals surface area (Å²) >= 11 is 0. The van der Waals surface area contributed by atoms with E-state index in [1.54, 1.807) is 0 Å². The van der Waals surface area contributed by atoms with Crippen LogP contribution in [0.3, 0.4) is 0 Å². The number of unbranched alkanes of at least 4 members (excludes halogenated alkanes) is 1. The minimum absolute atomic E-state index is 0.602. The van der Waals surface area contributed by atoms with Gasteiger partial charge in [-0.2, -0.15) is 4.98 Å². The second-order valence-electron chi connectivity index (χ2n) is 4.88. The fourth-order valence-electron chi connectivity index (χ4n) is 1.73. The maximum atomic E-state index is 4.57. The first-order valence-electron chi connectivity index (χ1n) is 6.52. The zero-order valence-corrected chi connectivity index (χ0v) is 11.0. The van der Waals surface area contributed by atoms with E-state index in [1.807, 2.05) is 13.0 Å². The van der Waals surface area contributed by atoms with E-state index >= 15 is 0 Å². The highest BCUT2D eigenvalue weighted by Gasteiger charge is 2.22. The first-order chi connectivity index (χ1) is 8.19. The summed E-state index contributed by atoms with van der Waals surface area (Å²) in [7, 11) is 2.10. The lowest BCUT2D eigenvalue weighted by Crippen LogP contribution is -2.20. The van der Waals surface area contributed by atoms with Gasteiger partial charge in [0, 0.05) is 31.4 Å². The Morgan fingerprint density at radius 3 is 2.82 bits per heavy atom. The Hall–Kier alpha value is -1.32. The number of hydrogen-bond acceptors (Lipinski definition) is 4. The summed E-state index contributed by atoms with van der Waals surface area (Å²) in [6.07, 6.45) is 4.91. The molecule has 94 valence electrons. The Kier molecular flexibility index (Phi) is 3.82. The second kappa shape index (κ2) is 5.34. The number of hydrogen-bond donors (Lipinski definition) is 1. The van der Waals surface area contributed by atoms with Crippen molar-refractivity contribution in [2.24, 2.45) is 0 Å². The van der Waals surface area contributed by atoms with Gasteiger partial charge in [0.15, 0.2) is 0 Å². The maximum absolute atomic E-state index is 4.57. The first-order valence-corrected chi connectivity index (χ1v) is 6.52. The van der Waals surface area contributed by atoms with Crippen LogP contribution in [0.25, 0.3) is 0 Å². The molecule has 0 spiro atoms. The summed E-state index contributed by atoms with van der Waals surface area (Å²) in [4.78, 5) is 11.2. The molecule has 2 rings (SSSR count). The van der Waals surface area contributed by atoms with E-state index in [-0.39, 0.29) is 0 Å². The van der Waals surface area contributed by atoms with Gasteiger partial charge in [-0.25, -0.2) is 4.98 Å². The van der Waals surface area contributed by atoms with Crippen LogP contribution in [-0.2, 0) is 0 Å². The zero-order chi connectivity index (χ0) is 12.3. The molecular weight excluding hydrogens is 212 g/mol. The van der Waals surface area contributed by atoms with Crippen molar-refractivity contribution in [3.05, 3.63) is 11.8 Å². The summed E-state index contributed by atoms with van der Waals surface area (Å²) in [5.41, 5.74) is 1.03. The van der Waals surface area contributed by atoms with Gasteiger partial charge in [0.25, 0.3) is 0 Å². The molecule has 0 unspecified atom stereocenters. The van der Waals surface area contributed by atoms with Gasteiger partial charge >= 0.3 is 0 Å². The lowest BCUT2D eigenvalue weighted by molar-refractivity contribution is 0.757. The number of nitrogens with zero attached hydrogens (tertiary/aromatic N) is 3. The minimum atomic E-state index is 0.602. The van der Waals surface area contributed by atoms with Gasteiger partial charge in [-0.05, 0) is 26.2 Å². The van der Waals surface area contributed by atoms with Crippen molar-refractivity contribution in [2.45, 2.75) is 45.6 Å². The topological polar surface area (TPSA) is 41.1 Å². The third-order valence-corrected chi connectivity index (χ3v) is 2.99. The zero-order valence-electron chi connectivity index (χ0n) is 11.0. The molecule has 0 aromatic carbocycles. The molecule has 0 aliphatic heterocycles. The maximum Gasteiger partial charge on any atom is 0.225 e. The van der Waals surface area contributed by atoms with Crippen LogP contribution in [0.2, 0.25) is 0 Å². The Balaban J connectivity index is 2.06. The van der Waals surface area contributed by atoms with Gasteiger partial charge in [-0.1, -0.05) is 13.3 Å². The third-order valence-electron chi connectivity index (χ3n) is 2.99. The summed E-state index contributed by atoms with van der Waals surface area (Å²) < 4.78 is 0. The number of aryl methyl sites for hydroxylation is 1. The van der Waals surface area contributed by atoms with E-state index in [9.17, 15) is 0 Å². The molecule has 0 bridgehead atoms. The monoisotopic (exact) mass is 234 g/mol. The highest BCUT2D eigenvalue weighted by atomic mass is 15.2. The molecule has 1 aliphatic carbocycles. The van der Waals surface area contributed by atoms with Crippen molar-refractivity contribution >= 4 is 11.8 Å². The highest BCUT2D eigenvalue weighted by Crippen LogP contribution is 2.24. The molecule has 1 fully saturated rings. The average Bonchev–Trinajstić information content (AvgIpc) is 3.09. The molecule has 1 N–H and O–H groups in total. The van der Waals surface area contributed by atoms with Gasteiger partial charge in [0.2, 0.25) is 5.95 Å². The Bertz CT molecular complexity index is 374. The molecule has 1 saturated carbocycles. The van der Waals surface area contributed by atoms with Crippen molar-refractivity contribution in [1.82, 2.24) is 9.97 Å². The minimum Gasteiger partial charge on any atom is -0.360 e. The first kappa shape index (κ1) is 12.1. The van der Waals surface area contributed by atoms with E-state index in [4.69, 9.17) is 0 Å². The molecule has 4 nitrogen and oxygen atoms in total. The van der Waals surface area contributed by atoms with Crippen molar-refractivity contribution in [2.75, 3.05) is 23.8 Å². The van der Waals surface area contributed by atoms with Crippen LogP contribution in [-0.4, -0.2) is 29.6 Å². The van der Waals surface area contributed by atoms with E-state index in [0.717, 1.165) is 24.0 Å². The predicted molar refractivity (Wildman–Crippen MR) is 71.6 cm³/mol. The number of aromatic nitrogens is 2. The molecule has 0 atom stereocenters. The van der Waals surface area contributed by atoms with Crippen molar-refractivity contribution in [3.63, 3.8) is 0 Å². The molecule has 0 amide bonds. The summed E-state index contributed by atoms with van der Waals surface area (Å²) in [6.45, 7) is 5.28. The molecule has 1 aliphatic rings. The Morgan fingerprint density at radius 1 is 1.41 bits per heavy atom. The number of rotatable bonds is 6. The Labute approximate surface area is 103 Å². The van der Waals surface area contributed by atoms with Crippen LogP contribution in [0, 0.1) is 6.92 Å². The van der Waals surface area contributed by atoms with Crippen LogP contribution in [0.4, 0.5) is 11.8 Å². The largest absolute Gasteiger partial charge is 0.360 e. The normalized spacial score (nSPS) is 14.8. The lowest BCUT2D eigenvalue weighted by atomic mass is 10.3. The number of nitrogens with one attached hydrogen (secondary N) is 1. The van der Waals surface area contributed by atoms with Gasteiger partial charge in [-0.15, -0.1) is 0 Å². The molecule has 0 radical (unpaired) electrons. The van der Waals surface area contributed by atoms with Gasteiger partial charge in [-0.3, -0.25) is 0 Å². The van der Waals surface area contributed by atoms with Crippen molar-refractivity contribution < 1.29 is 0 Å². The molecule has 0 saturated heterocycles. The fraction of sp³-hybridized carbons (Fsp3) is 0.692. The standard InChI is InChI=1S/C13H22N4/c1-4-5-8-17(3)12-9-10(2)14-13(16-12)15-11-6-7-11/h9,11H,4-8H2,1-3H3,(H,14,15,16). The van der Waals surface area contributed by atoms with E-state index in [0.29, 0.717) is 6.04 Å². The van der Waals surface area contributed by atoms with Crippen LogP contribution < -0.4 is 10.2 Å². The van der Waals surface area contributed by atoms with Crippen LogP contribution >= 0.6 is 0 Å². The van der Waals surface area contributed by atoms with E-state index < -0.39 is 0 Å². The molecular formula is C13H22N4. The van der Waals surface area contributed by atoms with E-state index in [1.165, 1.54) is 25.7 Å². The molecule has 1 heterocycles. The van der Waals surface area contributed by atoms with Crippen molar-refractivity contribution in [1.29, 1.82) is 0 Å². The van der Waals surface area contributed by atoms with E-state index in [2.05, 4.69) is 34.2 Å². The fourth-order valence-corrected chi connectivity index (χ4v) is 1.73. The average molecular weight is 234 g/mol. The van der Waals surface area contributed by atoms with Gasteiger partial charge < -0.3 is 10.2 Å². The quantitative estimate of drug-likeness (QED) is 0.821. The third kappa shape index (κ3) is 3.58. The predicted octanol–water partition coefficient (Wildman–Crippen LogP) is 2.60. The highest BCUT2D eigenvalue weighted by molar-refractivity contribution is 5.44. The Morgan fingerprint density at radius 2 is 2.18 bits per heavy atom. The number of anilines is 2. The molecule has 17 heavy (non-hydrogen) atoms. The summed E-state index contributed by atoms with van der Waals surface area (Å²) in [5.74, 6) is 1.81. The second-order valence-corrected chi connectivity index (χ2v) is 4.88. The molecule has 1 aromatic heterocycles.